The molecule has 1 N–H and O–H groups in total. The average Bonchev–Trinajstić information content (AvgIpc) is 2.40. The Kier molecular flexibility index (Phi) is 4.40. The SMILES string of the molecule is O=C(/C=C/c1ccc(O)c(Br)c1)c1cccc(Cl)c1. The minimum absolute atomic E-state index is 0.119. The summed E-state index contributed by atoms with van der Waals surface area (Å²) in [5, 5.41) is 9.91. The van der Waals surface area contributed by atoms with Gasteiger partial charge in [0.15, 0.2) is 5.78 Å². The van der Waals surface area contributed by atoms with Gasteiger partial charge in [-0.2, -0.15) is 0 Å². The molecule has 19 heavy (non-hydrogen) atoms. The number of hydrogen-bond acceptors (Lipinski definition) is 2. The van der Waals surface area contributed by atoms with Crippen molar-refractivity contribution < 1.29 is 9.90 Å². The van der Waals surface area contributed by atoms with E-state index in [2.05, 4.69) is 15.9 Å². The predicted molar refractivity (Wildman–Crippen MR) is 80.6 cm³/mol. The van der Waals surface area contributed by atoms with E-state index >= 15 is 0 Å². The molecule has 2 rings (SSSR count). The molecule has 0 aromatic heterocycles. The second-order valence-corrected chi connectivity index (χ2v) is 5.21. The van der Waals surface area contributed by atoms with Gasteiger partial charge < -0.3 is 5.11 Å². The van der Waals surface area contributed by atoms with Crippen molar-refractivity contribution in [3.8, 4) is 5.75 Å². The molecule has 0 bridgehead atoms. The number of aromatic hydroxyl groups is 1. The molecule has 0 saturated heterocycles. The van der Waals surface area contributed by atoms with Gasteiger partial charge in [-0.25, -0.2) is 0 Å². The van der Waals surface area contributed by atoms with Crippen LogP contribution in [0.3, 0.4) is 0 Å². The Hall–Kier alpha value is -1.58. The molecule has 0 atom stereocenters. The highest BCUT2D eigenvalue weighted by molar-refractivity contribution is 9.10. The van der Waals surface area contributed by atoms with Crippen molar-refractivity contribution in [3.63, 3.8) is 0 Å². The van der Waals surface area contributed by atoms with Gasteiger partial charge >= 0.3 is 0 Å². The summed E-state index contributed by atoms with van der Waals surface area (Å²) in [7, 11) is 0. The first-order valence-corrected chi connectivity index (χ1v) is 6.70. The molecular formula is C15H10BrClO2. The maximum absolute atomic E-state index is 11.9. The number of phenols is 1. The summed E-state index contributed by atoms with van der Waals surface area (Å²) in [4.78, 5) is 11.9. The topological polar surface area (TPSA) is 37.3 Å². The van der Waals surface area contributed by atoms with E-state index in [1.807, 2.05) is 0 Å². The van der Waals surface area contributed by atoms with Crippen LogP contribution in [0, 0.1) is 0 Å². The van der Waals surface area contributed by atoms with Crippen LogP contribution in [0.25, 0.3) is 6.08 Å². The molecule has 0 aliphatic rings. The van der Waals surface area contributed by atoms with E-state index in [9.17, 15) is 9.90 Å². The normalized spacial score (nSPS) is 10.8. The highest BCUT2D eigenvalue weighted by Crippen LogP contribution is 2.24. The number of halogens is 2. The summed E-state index contributed by atoms with van der Waals surface area (Å²) in [5.41, 5.74) is 1.36. The van der Waals surface area contributed by atoms with Crippen LogP contribution in [0.15, 0.2) is 53.0 Å². The van der Waals surface area contributed by atoms with Crippen LogP contribution in [0.5, 0.6) is 5.75 Å². The van der Waals surface area contributed by atoms with E-state index in [1.165, 1.54) is 6.08 Å². The molecule has 0 aliphatic carbocycles. The third-order valence-electron chi connectivity index (χ3n) is 2.51. The van der Waals surface area contributed by atoms with E-state index < -0.39 is 0 Å². The summed E-state index contributed by atoms with van der Waals surface area (Å²) in [6, 6.07) is 11.8. The van der Waals surface area contributed by atoms with Gasteiger partial charge in [0.2, 0.25) is 0 Å². The lowest BCUT2D eigenvalue weighted by Gasteiger charge is -1.99. The lowest BCUT2D eigenvalue weighted by atomic mass is 10.1. The summed E-state index contributed by atoms with van der Waals surface area (Å²) in [6.45, 7) is 0. The van der Waals surface area contributed by atoms with Crippen LogP contribution in [-0.2, 0) is 0 Å². The van der Waals surface area contributed by atoms with Gasteiger partial charge in [0.1, 0.15) is 5.75 Å². The standard InChI is InChI=1S/C15H10BrClO2/c16-13-8-10(5-7-15(13)19)4-6-14(18)11-2-1-3-12(17)9-11/h1-9,19H/b6-4+. The van der Waals surface area contributed by atoms with Crippen LogP contribution in [0.2, 0.25) is 5.02 Å². The molecule has 0 saturated carbocycles. The Morgan fingerprint density at radius 2 is 2.00 bits per heavy atom. The van der Waals surface area contributed by atoms with Crippen molar-refractivity contribution >= 4 is 39.4 Å². The van der Waals surface area contributed by atoms with Gasteiger partial charge in [-0.15, -0.1) is 0 Å². The summed E-state index contributed by atoms with van der Waals surface area (Å²) < 4.78 is 0.588. The molecule has 2 nitrogen and oxygen atoms in total. The maximum Gasteiger partial charge on any atom is 0.185 e. The zero-order chi connectivity index (χ0) is 13.8. The van der Waals surface area contributed by atoms with Gasteiger partial charge in [-0.1, -0.05) is 35.9 Å². The first-order chi connectivity index (χ1) is 9.06. The predicted octanol–water partition coefficient (Wildman–Crippen LogP) is 4.70. The van der Waals surface area contributed by atoms with Gasteiger partial charge in [0.05, 0.1) is 4.47 Å². The third-order valence-corrected chi connectivity index (χ3v) is 3.38. The number of carbonyl (C=O) groups is 1. The molecule has 2 aromatic carbocycles. The Bertz CT molecular complexity index is 650. The molecule has 0 fully saturated rings. The Balaban J connectivity index is 2.18. The number of ketones is 1. The fourth-order valence-corrected chi connectivity index (χ4v) is 2.12. The molecule has 0 heterocycles. The van der Waals surface area contributed by atoms with Crippen molar-refractivity contribution in [1.29, 1.82) is 0 Å². The molecule has 0 aliphatic heterocycles. The second-order valence-electron chi connectivity index (χ2n) is 3.92. The minimum Gasteiger partial charge on any atom is -0.507 e. The van der Waals surface area contributed by atoms with Gasteiger partial charge in [0.25, 0.3) is 0 Å². The molecule has 0 radical (unpaired) electrons. The molecule has 4 heteroatoms. The monoisotopic (exact) mass is 336 g/mol. The van der Waals surface area contributed by atoms with Crippen LogP contribution >= 0.6 is 27.5 Å². The van der Waals surface area contributed by atoms with Gasteiger partial charge in [-0.05, 0) is 51.8 Å². The smallest absolute Gasteiger partial charge is 0.185 e. The molecule has 2 aromatic rings. The molecule has 0 spiro atoms. The van der Waals surface area contributed by atoms with E-state index in [1.54, 1.807) is 48.5 Å². The average molecular weight is 338 g/mol. The van der Waals surface area contributed by atoms with Crippen molar-refractivity contribution in [2.45, 2.75) is 0 Å². The van der Waals surface area contributed by atoms with E-state index in [4.69, 9.17) is 11.6 Å². The molecule has 0 amide bonds. The fourth-order valence-electron chi connectivity index (χ4n) is 1.54. The van der Waals surface area contributed by atoms with Crippen LogP contribution in [0.4, 0.5) is 0 Å². The quantitative estimate of drug-likeness (QED) is 0.651. The van der Waals surface area contributed by atoms with Crippen LogP contribution in [0.1, 0.15) is 15.9 Å². The first-order valence-electron chi connectivity index (χ1n) is 5.53. The van der Waals surface area contributed by atoms with Crippen LogP contribution in [-0.4, -0.2) is 10.9 Å². The molecular weight excluding hydrogens is 328 g/mol. The van der Waals surface area contributed by atoms with E-state index in [0.717, 1.165) is 5.56 Å². The Morgan fingerprint density at radius 3 is 2.68 bits per heavy atom. The van der Waals surface area contributed by atoms with Gasteiger partial charge in [0, 0.05) is 10.6 Å². The van der Waals surface area contributed by atoms with Crippen molar-refractivity contribution in [1.82, 2.24) is 0 Å². The van der Waals surface area contributed by atoms with Crippen molar-refractivity contribution in [3.05, 3.63) is 69.2 Å². The van der Waals surface area contributed by atoms with Crippen LogP contribution < -0.4 is 0 Å². The van der Waals surface area contributed by atoms with Crippen molar-refractivity contribution in [2.24, 2.45) is 0 Å². The van der Waals surface area contributed by atoms with Gasteiger partial charge in [-0.3, -0.25) is 4.79 Å². The highest BCUT2D eigenvalue weighted by atomic mass is 79.9. The Morgan fingerprint density at radius 1 is 1.21 bits per heavy atom. The molecule has 0 unspecified atom stereocenters. The van der Waals surface area contributed by atoms with E-state index in [0.29, 0.717) is 15.1 Å². The number of carbonyl (C=O) groups excluding carboxylic acids is 1. The Labute approximate surface area is 124 Å². The summed E-state index contributed by atoms with van der Waals surface area (Å²) in [6.07, 6.45) is 3.16. The highest BCUT2D eigenvalue weighted by Gasteiger charge is 2.02. The number of allylic oxidation sites excluding steroid dienone is 1. The lowest BCUT2D eigenvalue weighted by molar-refractivity contribution is 0.104. The zero-order valence-electron chi connectivity index (χ0n) is 9.81. The first kappa shape index (κ1) is 13.8. The fraction of sp³-hybridized carbons (Fsp3) is 0. The number of benzene rings is 2. The minimum atomic E-state index is -0.119. The number of hydrogen-bond donors (Lipinski definition) is 1. The van der Waals surface area contributed by atoms with Crippen molar-refractivity contribution in [2.75, 3.05) is 0 Å². The number of rotatable bonds is 3. The summed E-state index contributed by atoms with van der Waals surface area (Å²) in [5.74, 6) is 0.0463. The lowest BCUT2D eigenvalue weighted by Crippen LogP contribution is -1.93. The summed E-state index contributed by atoms with van der Waals surface area (Å²) >= 11 is 9.06. The number of phenolic OH excluding ortho intramolecular Hbond substituents is 1. The zero-order valence-corrected chi connectivity index (χ0v) is 12.1. The largest absolute Gasteiger partial charge is 0.507 e. The second kappa shape index (κ2) is 6.04. The van der Waals surface area contributed by atoms with E-state index in [-0.39, 0.29) is 11.5 Å². The maximum atomic E-state index is 11.9. The third kappa shape index (κ3) is 3.69. The molecule has 96 valence electrons.